The first-order valence-electron chi connectivity index (χ1n) is 7.18. The lowest BCUT2D eigenvalue weighted by Crippen LogP contribution is -2.19. The molecule has 0 amide bonds. The van der Waals surface area contributed by atoms with Crippen LogP contribution in [0.1, 0.15) is 35.3 Å². The molecule has 1 aromatic carbocycles. The highest BCUT2D eigenvalue weighted by Gasteiger charge is 2.32. The van der Waals surface area contributed by atoms with Crippen LogP contribution in [0.25, 0.3) is 0 Å². The second-order valence-corrected chi connectivity index (χ2v) is 5.40. The second-order valence-electron chi connectivity index (χ2n) is 5.40. The van der Waals surface area contributed by atoms with Crippen LogP contribution >= 0.6 is 0 Å². The summed E-state index contributed by atoms with van der Waals surface area (Å²) in [5.41, 5.74) is 2.71. The van der Waals surface area contributed by atoms with Crippen LogP contribution in [0.3, 0.4) is 0 Å². The first-order valence-corrected chi connectivity index (χ1v) is 7.18. The number of ether oxygens (including phenoxy) is 1. The molecule has 4 heteroatoms. The van der Waals surface area contributed by atoms with E-state index in [1.165, 1.54) is 11.1 Å². The number of aromatic nitrogens is 2. The van der Waals surface area contributed by atoms with Gasteiger partial charge in [-0.2, -0.15) is 0 Å². The highest BCUT2D eigenvalue weighted by molar-refractivity contribution is 5.41. The van der Waals surface area contributed by atoms with Crippen LogP contribution < -0.4 is 10.1 Å². The number of fused-ring (bicyclic) bond motifs is 1. The summed E-state index contributed by atoms with van der Waals surface area (Å²) < 4.78 is 5.59. The summed E-state index contributed by atoms with van der Waals surface area (Å²) in [6.45, 7) is 1.83. The number of hydrogen-bond donors (Lipinski definition) is 1. The fraction of sp³-hybridized carbons (Fsp3) is 0.375. The van der Waals surface area contributed by atoms with E-state index >= 15 is 0 Å². The lowest BCUT2D eigenvalue weighted by Gasteiger charge is -2.19. The number of nitrogens with one attached hydrogen (secondary N) is 1. The van der Waals surface area contributed by atoms with Crippen molar-refractivity contribution < 1.29 is 4.74 Å². The van der Waals surface area contributed by atoms with Crippen LogP contribution in [0.4, 0.5) is 0 Å². The van der Waals surface area contributed by atoms with Gasteiger partial charge in [0.25, 0.3) is 0 Å². The minimum atomic E-state index is 0.219. The Morgan fingerprint density at radius 3 is 3.00 bits per heavy atom. The molecule has 0 spiro atoms. The smallest absolute Gasteiger partial charge is 0.145 e. The third-order valence-electron chi connectivity index (χ3n) is 4.23. The molecule has 0 saturated carbocycles. The molecule has 1 saturated heterocycles. The molecule has 1 N–H and O–H groups in total. The van der Waals surface area contributed by atoms with Crippen molar-refractivity contribution in [1.29, 1.82) is 0 Å². The quantitative estimate of drug-likeness (QED) is 0.906. The van der Waals surface area contributed by atoms with Crippen LogP contribution in [0.2, 0.25) is 0 Å². The standard InChI is InChI=1S/C16H17N3O/c1-6-18-16(19-7-1)15-13(4-8-17-15)11-2-3-14-12(10-11)5-9-20-14/h1-3,6-7,10,13,15,17H,4-5,8-9H2. The number of nitrogens with zero attached hydrogens (tertiary/aromatic N) is 2. The fourth-order valence-corrected chi connectivity index (χ4v) is 3.24. The molecule has 1 aromatic heterocycles. The summed E-state index contributed by atoms with van der Waals surface area (Å²) in [5, 5.41) is 3.53. The second kappa shape index (κ2) is 4.87. The highest BCUT2D eigenvalue weighted by Crippen LogP contribution is 2.38. The van der Waals surface area contributed by atoms with Gasteiger partial charge in [0.15, 0.2) is 0 Å². The van der Waals surface area contributed by atoms with Crippen LogP contribution in [0.15, 0.2) is 36.7 Å². The molecule has 0 bridgehead atoms. The van der Waals surface area contributed by atoms with E-state index in [0.29, 0.717) is 5.92 Å². The van der Waals surface area contributed by atoms with Gasteiger partial charge < -0.3 is 10.1 Å². The predicted octanol–water partition coefficient (Wildman–Crippen LogP) is 2.23. The van der Waals surface area contributed by atoms with E-state index in [1.807, 2.05) is 18.5 Å². The molecule has 3 heterocycles. The number of rotatable bonds is 2. The third kappa shape index (κ3) is 1.96. The van der Waals surface area contributed by atoms with Crippen LogP contribution in [-0.2, 0) is 6.42 Å². The maximum atomic E-state index is 5.59. The predicted molar refractivity (Wildman–Crippen MR) is 75.8 cm³/mol. The van der Waals surface area contributed by atoms with Gasteiger partial charge in [-0.1, -0.05) is 12.1 Å². The summed E-state index contributed by atoms with van der Waals surface area (Å²) in [4.78, 5) is 8.82. The van der Waals surface area contributed by atoms with E-state index in [2.05, 4.69) is 33.5 Å². The van der Waals surface area contributed by atoms with Gasteiger partial charge in [-0.25, -0.2) is 9.97 Å². The van der Waals surface area contributed by atoms with Crippen molar-refractivity contribution in [3.05, 3.63) is 53.6 Å². The van der Waals surface area contributed by atoms with Crippen molar-refractivity contribution in [2.45, 2.75) is 24.8 Å². The average molecular weight is 267 g/mol. The van der Waals surface area contributed by atoms with Gasteiger partial charge in [0.1, 0.15) is 11.6 Å². The largest absolute Gasteiger partial charge is 0.493 e. The number of hydrogen-bond acceptors (Lipinski definition) is 4. The summed E-state index contributed by atoms with van der Waals surface area (Å²) in [6.07, 6.45) is 5.78. The van der Waals surface area contributed by atoms with Crippen LogP contribution in [-0.4, -0.2) is 23.1 Å². The molecule has 0 aliphatic carbocycles. The summed E-state index contributed by atoms with van der Waals surface area (Å²) in [6, 6.07) is 8.68. The van der Waals surface area contributed by atoms with E-state index < -0.39 is 0 Å². The zero-order valence-electron chi connectivity index (χ0n) is 11.2. The molecule has 102 valence electrons. The SMILES string of the molecule is c1cnc(C2NCCC2c2ccc3c(c2)CCO3)nc1. The summed E-state index contributed by atoms with van der Waals surface area (Å²) in [5.74, 6) is 2.39. The molecular weight excluding hydrogens is 250 g/mol. The van der Waals surface area contributed by atoms with Gasteiger partial charge >= 0.3 is 0 Å². The van der Waals surface area contributed by atoms with Gasteiger partial charge in [0.2, 0.25) is 0 Å². The molecule has 2 atom stereocenters. The van der Waals surface area contributed by atoms with E-state index in [1.54, 1.807) is 0 Å². The Morgan fingerprint density at radius 2 is 2.10 bits per heavy atom. The van der Waals surface area contributed by atoms with E-state index in [0.717, 1.165) is 37.6 Å². The average Bonchev–Trinajstić information content (AvgIpc) is 3.16. The van der Waals surface area contributed by atoms with Crippen LogP contribution in [0, 0.1) is 0 Å². The van der Waals surface area contributed by atoms with E-state index in [4.69, 9.17) is 4.74 Å². The first kappa shape index (κ1) is 11.9. The summed E-state index contributed by atoms with van der Waals surface area (Å²) >= 11 is 0. The zero-order valence-corrected chi connectivity index (χ0v) is 11.2. The van der Waals surface area contributed by atoms with Gasteiger partial charge in [0.05, 0.1) is 12.6 Å². The molecule has 2 aliphatic rings. The van der Waals surface area contributed by atoms with Crippen LogP contribution in [0.5, 0.6) is 5.75 Å². The fourth-order valence-electron chi connectivity index (χ4n) is 3.24. The molecular formula is C16H17N3O. The minimum absolute atomic E-state index is 0.219. The Bertz CT molecular complexity index is 614. The van der Waals surface area contributed by atoms with Gasteiger partial charge in [-0.15, -0.1) is 0 Å². The Labute approximate surface area is 118 Å². The van der Waals surface area contributed by atoms with Gasteiger partial charge in [-0.3, -0.25) is 0 Å². The maximum absolute atomic E-state index is 5.59. The zero-order chi connectivity index (χ0) is 13.4. The molecule has 4 nitrogen and oxygen atoms in total. The van der Waals surface area contributed by atoms with Crippen molar-refractivity contribution >= 4 is 0 Å². The van der Waals surface area contributed by atoms with Crippen molar-refractivity contribution in [1.82, 2.24) is 15.3 Å². The van der Waals surface area contributed by atoms with Crippen molar-refractivity contribution in [2.24, 2.45) is 0 Å². The summed E-state index contributed by atoms with van der Waals surface area (Å²) in [7, 11) is 0. The molecule has 1 fully saturated rings. The van der Waals surface area contributed by atoms with Crippen molar-refractivity contribution in [3.63, 3.8) is 0 Å². The van der Waals surface area contributed by atoms with Crippen molar-refractivity contribution in [2.75, 3.05) is 13.2 Å². The Morgan fingerprint density at radius 1 is 1.20 bits per heavy atom. The van der Waals surface area contributed by atoms with E-state index in [9.17, 15) is 0 Å². The minimum Gasteiger partial charge on any atom is -0.493 e. The Balaban J connectivity index is 1.67. The molecule has 2 aliphatic heterocycles. The Kier molecular flexibility index (Phi) is 2.89. The third-order valence-corrected chi connectivity index (χ3v) is 4.23. The van der Waals surface area contributed by atoms with E-state index in [-0.39, 0.29) is 6.04 Å². The number of benzene rings is 1. The maximum Gasteiger partial charge on any atom is 0.145 e. The molecule has 20 heavy (non-hydrogen) atoms. The Hall–Kier alpha value is -1.94. The monoisotopic (exact) mass is 267 g/mol. The molecule has 4 rings (SSSR count). The lowest BCUT2D eigenvalue weighted by atomic mass is 9.90. The molecule has 2 aromatic rings. The van der Waals surface area contributed by atoms with Gasteiger partial charge in [0, 0.05) is 24.7 Å². The van der Waals surface area contributed by atoms with Gasteiger partial charge in [-0.05, 0) is 36.2 Å². The van der Waals surface area contributed by atoms with Crippen molar-refractivity contribution in [3.8, 4) is 5.75 Å². The normalized spacial score (nSPS) is 24.4. The molecule has 0 radical (unpaired) electrons. The first-order chi connectivity index (χ1) is 9.92. The lowest BCUT2D eigenvalue weighted by molar-refractivity contribution is 0.356. The topological polar surface area (TPSA) is 47.0 Å². The molecule has 2 unspecified atom stereocenters. The highest BCUT2D eigenvalue weighted by atomic mass is 16.5.